The smallest absolute Gasteiger partial charge is 0.120 e. The highest BCUT2D eigenvalue weighted by Crippen LogP contribution is 2.33. The number of aromatic nitrogens is 1. The van der Waals surface area contributed by atoms with Crippen molar-refractivity contribution in [2.45, 2.75) is 6.42 Å². The Kier molecular flexibility index (Phi) is 6.42. The van der Waals surface area contributed by atoms with Gasteiger partial charge >= 0.3 is 0 Å². The molecule has 132 valence electrons. The summed E-state index contributed by atoms with van der Waals surface area (Å²) in [7, 11) is 2.00. The predicted molar refractivity (Wildman–Crippen MR) is 107 cm³/mol. The van der Waals surface area contributed by atoms with E-state index in [2.05, 4.69) is 49.5 Å². The molecule has 0 atom stereocenters. The Morgan fingerprint density at radius 1 is 1.16 bits per heavy atom. The van der Waals surface area contributed by atoms with E-state index in [-0.39, 0.29) is 6.61 Å². The summed E-state index contributed by atoms with van der Waals surface area (Å²) in [6.45, 7) is 2.47. The molecular weight excluding hydrogens is 400 g/mol. The van der Waals surface area contributed by atoms with Gasteiger partial charge in [0.05, 0.1) is 23.6 Å². The van der Waals surface area contributed by atoms with Crippen LogP contribution in [0.15, 0.2) is 46.9 Å². The lowest BCUT2D eigenvalue weighted by Gasteiger charge is -2.14. The Morgan fingerprint density at radius 3 is 2.72 bits per heavy atom. The first kappa shape index (κ1) is 18.3. The maximum atomic E-state index is 8.89. The fourth-order valence-electron chi connectivity index (χ4n) is 2.63. The lowest BCUT2D eigenvalue weighted by Crippen LogP contribution is -2.24. The van der Waals surface area contributed by atoms with E-state index in [9.17, 15) is 0 Å². The molecule has 6 heteroatoms. The molecule has 1 aromatic heterocycles. The zero-order valence-corrected chi connectivity index (χ0v) is 16.5. The number of hydrogen-bond acceptors (Lipinski definition) is 5. The van der Waals surface area contributed by atoms with Crippen LogP contribution >= 0.6 is 27.5 Å². The number of rotatable bonds is 8. The number of nitrogens with zero attached hydrogens (tertiary/aromatic N) is 2. The molecule has 0 aliphatic heterocycles. The number of hydrogen-bond donors (Lipinski definition) is 1. The molecular formula is C19H21BrN2O2S. The molecule has 4 nitrogen and oxygen atoms in total. The third kappa shape index (κ3) is 4.79. The molecule has 0 amide bonds. The predicted octanol–water partition coefficient (Wildman–Crippen LogP) is 4.42. The van der Waals surface area contributed by atoms with Gasteiger partial charge in [-0.25, -0.2) is 0 Å². The number of aliphatic hydroxyl groups excluding tert-OH is 1. The zero-order chi connectivity index (χ0) is 17.6. The first-order chi connectivity index (χ1) is 12.2. The van der Waals surface area contributed by atoms with Crippen molar-refractivity contribution in [2.24, 2.45) is 0 Å². The Bertz CT molecular complexity index is 820. The first-order valence-electron chi connectivity index (χ1n) is 8.25. The molecule has 0 unspecified atom stereocenters. The van der Waals surface area contributed by atoms with Gasteiger partial charge in [0.2, 0.25) is 0 Å². The van der Waals surface area contributed by atoms with Crippen molar-refractivity contribution in [3.63, 3.8) is 0 Å². The Hall–Kier alpha value is -1.47. The van der Waals surface area contributed by atoms with E-state index in [1.54, 1.807) is 0 Å². The topological polar surface area (TPSA) is 45.6 Å². The summed E-state index contributed by atoms with van der Waals surface area (Å²) in [4.78, 5) is 2.10. The number of aliphatic hydroxyl groups is 1. The molecule has 3 aromatic rings. The quantitative estimate of drug-likeness (QED) is 0.547. The largest absolute Gasteiger partial charge is 0.493 e. The van der Waals surface area contributed by atoms with Crippen molar-refractivity contribution >= 4 is 37.5 Å². The van der Waals surface area contributed by atoms with Crippen LogP contribution in [0.3, 0.4) is 0 Å². The molecule has 0 aliphatic carbocycles. The highest BCUT2D eigenvalue weighted by atomic mass is 79.9. The van der Waals surface area contributed by atoms with Gasteiger partial charge in [0, 0.05) is 28.5 Å². The average molecular weight is 421 g/mol. The number of fused-ring (bicyclic) bond motifs is 1. The van der Waals surface area contributed by atoms with Crippen LogP contribution in [-0.2, 0) is 0 Å². The van der Waals surface area contributed by atoms with Gasteiger partial charge in [0.1, 0.15) is 5.75 Å². The molecule has 2 aromatic carbocycles. The molecule has 0 bridgehead atoms. The Balaban J connectivity index is 1.64. The van der Waals surface area contributed by atoms with Crippen LogP contribution in [0.2, 0.25) is 0 Å². The van der Waals surface area contributed by atoms with Crippen LogP contribution in [0, 0.1) is 0 Å². The molecule has 0 saturated carbocycles. The summed E-state index contributed by atoms with van der Waals surface area (Å²) < 4.78 is 12.7. The summed E-state index contributed by atoms with van der Waals surface area (Å²) in [5.74, 6) is 0.878. The van der Waals surface area contributed by atoms with E-state index in [4.69, 9.17) is 9.84 Å². The van der Waals surface area contributed by atoms with Gasteiger partial charge in [-0.1, -0.05) is 28.1 Å². The number of ether oxygens (including phenoxy) is 1. The highest BCUT2D eigenvalue weighted by Gasteiger charge is 2.09. The molecule has 3 rings (SSSR count). The van der Waals surface area contributed by atoms with Crippen LogP contribution in [0.25, 0.3) is 21.3 Å². The molecule has 0 fully saturated rings. The number of halogens is 1. The van der Waals surface area contributed by atoms with Gasteiger partial charge in [0.15, 0.2) is 0 Å². The molecule has 0 spiro atoms. The monoisotopic (exact) mass is 420 g/mol. The summed E-state index contributed by atoms with van der Waals surface area (Å²) in [5, 5.41) is 10.0. The first-order valence-corrected chi connectivity index (χ1v) is 9.81. The minimum Gasteiger partial charge on any atom is -0.493 e. The van der Waals surface area contributed by atoms with Crippen molar-refractivity contribution in [3.05, 3.63) is 46.9 Å². The van der Waals surface area contributed by atoms with Crippen molar-refractivity contribution in [1.82, 2.24) is 9.27 Å². The standard InChI is InChI=1S/C19H21BrN2O2S/c1-22(10-11-23)9-2-12-24-16-7-8-17-18(13-16)25-21-19(17)14-3-5-15(20)6-4-14/h3-8,13,23H,2,9-12H2,1H3. The van der Waals surface area contributed by atoms with Crippen LogP contribution in [-0.4, -0.2) is 47.7 Å². The van der Waals surface area contributed by atoms with Crippen LogP contribution in [0.4, 0.5) is 0 Å². The molecule has 1 heterocycles. The molecule has 1 N–H and O–H groups in total. The molecule has 0 saturated heterocycles. The van der Waals surface area contributed by atoms with Crippen molar-refractivity contribution in [2.75, 3.05) is 33.4 Å². The molecule has 0 aliphatic rings. The van der Waals surface area contributed by atoms with E-state index >= 15 is 0 Å². The molecule has 25 heavy (non-hydrogen) atoms. The van der Waals surface area contributed by atoms with Gasteiger partial charge in [0.25, 0.3) is 0 Å². The van der Waals surface area contributed by atoms with Crippen LogP contribution in [0.5, 0.6) is 5.75 Å². The van der Waals surface area contributed by atoms with Gasteiger partial charge in [-0.3, -0.25) is 0 Å². The second kappa shape index (κ2) is 8.76. The van der Waals surface area contributed by atoms with Gasteiger partial charge < -0.3 is 14.7 Å². The van der Waals surface area contributed by atoms with Crippen molar-refractivity contribution in [1.29, 1.82) is 0 Å². The minimum atomic E-state index is 0.195. The number of likely N-dealkylation sites (N-methyl/N-ethyl adjacent to an activating group) is 1. The van der Waals surface area contributed by atoms with Crippen LogP contribution < -0.4 is 4.74 Å². The summed E-state index contributed by atoms with van der Waals surface area (Å²) in [5.41, 5.74) is 2.14. The normalized spacial score (nSPS) is 11.4. The van der Waals surface area contributed by atoms with E-state index < -0.39 is 0 Å². The highest BCUT2D eigenvalue weighted by molar-refractivity contribution is 9.10. The van der Waals surface area contributed by atoms with Gasteiger partial charge in [-0.05, 0) is 55.3 Å². The second-order valence-corrected chi connectivity index (χ2v) is 7.65. The Morgan fingerprint density at radius 2 is 1.96 bits per heavy atom. The summed E-state index contributed by atoms with van der Waals surface area (Å²) >= 11 is 4.97. The van der Waals surface area contributed by atoms with Gasteiger partial charge in [-0.15, -0.1) is 0 Å². The van der Waals surface area contributed by atoms with Crippen molar-refractivity contribution in [3.8, 4) is 17.0 Å². The fraction of sp³-hybridized carbons (Fsp3) is 0.316. The summed E-state index contributed by atoms with van der Waals surface area (Å²) in [6.07, 6.45) is 0.932. The van der Waals surface area contributed by atoms with Gasteiger partial charge in [-0.2, -0.15) is 4.37 Å². The van der Waals surface area contributed by atoms with E-state index in [0.29, 0.717) is 13.2 Å². The van der Waals surface area contributed by atoms with Crippen LogP contribution in [0.1, 0.15) is 6.42 Å². The SMILES string of the molecule is CN(CCO)CCCOc1ccc2c(-c3ccc(Br)cc3)nsc2c1. The van der Waals surface area contributed by atoms with E-state index in [0.717, 1.165) is 44.5 Å². The summed E-state index contributed by atoms with van der Waals surface area (Å²) in [6, 6.07) is 14.4. The maximum Gasteiger partial charge on any atom is 0.120 e. The molecule has 0 radical (unpaired) electrons. The fourth-order valence-corrected chi connectivity index (χ4v) is 3.72. The second-order valence-electron chi connectivity index (χ2n) is 5.92. The third-order valence-electron chi connectivity index (χ3n) is 4.00. The average Bonchev–Trinajstić information content (AvgIpc) is 3.03. The Labute approximate surface area is 160 Å². The lowest BCUT2D eigenvalue weighted by molar-refractivity contribution is 0.207. The third-order valence-corrected chi connectivity index (χ3v) is 5.33. The van der Waals surface area contributed by atoms with E-state index in [1.807, 2.05) is 25.2 Å². The zero-order valence-electron chi connectivity index (χ0n) is 14.1. The number of benzene rings is 2. The lowest BCUT2D eigenvalue weighted by atomic mass is 10.1. The van der Waals surface area contributed by atoms with E-state index in [1.165, 1.54) is 11.5 Å². The minimum absolute atomic E-state index is 0.195. The van der Waals surface area contributed by atoms with Crippen molar-refractivity contribution < 1.29 is 9.84 Å². The maximum absolute atomic E-state index is 8.89.